The lowest BCUT2D eigenvalue weighted by Gasteiger charge is -2.21. The van der Waals surface area contributed by atoms with Crippen molar-refractivity contribution in [2.45, 2.75) is 95.9 Å². The number of rotatable bonds is 29. The number of allylic oxidation sites excluding steroid dienone is 1. The van der Waals surface area contributed by atoms with Crippen LogP contribution in [-0.4, -0.2) is 157 Å². The van der Waals surface area contributed by atoms with Crippen molar-refractivity contribution in [1.29, 1.82) is 0 Å². The Morgan fingerprint density at radius 3 is 2.08 bits per heavy atom. The summed E-state index contributed by atoms with van der Waals surface area (Å²) >= 11 is 1.17. The third kappa shape index (κ3) is 15.8. The molecule has 1 fully saturated rings. The van der Waals surface area contributed by atoms with E-state index in [9.17, 15) is 38.4 Å². The minimum absolute atomic E-state index is 0.0463. The van der Waals surface area contributed by atoms with Gasteiger partial charge in [-0.05, 0) is 83.9 Å². The maximum Gasteiger partial charge on any atom is 0.304 e. The van der Waals surface area contributed by atoms with Gasteiger partial charge in [0.25, 0.3) is 11.8 Å². The second kappa shape index (κ2) is 29.7. The second-order valence-electron chi connectivity index (χ2n) is 21.0. The molecule has 4 aromatic rings. The molecular weight excluding hydrogens is 1120 g/mol. The number of nitrogens with zero attached hydrogens (tertiary/aromatic N) is 5. The van der Waals surface area contributed by atoms with Gasteiger partial charge in [0.05, 0.1) is 87.8 Å². The lowest BCUT2D eigenvalue weighted by Crippen LogP contribution is -2.51. The molecule has 86 heavy (non-hydrogen) atoms. The van der Waals surface area contributed by atoms with E-state index < -0.39 is 29.1 Å². The zero-order chi connectivity index (χ0) is 61.4. The summed E-state index contributed by atoms with van der Waals surface area (Å²) in [4.78, 5) is 117. The molecule has 454 valence electrons. The number of anilines is 1. The van der Waals surface area contributed by atoms with Gasteiger partial charge in [-0.3, -0.25) is 53.2 Å². The van der Waals surface area contributed by atoms with Crippen molar-refractivity contribution in [2.75, 3.05) is 65.2 Å². The lowest BCUT2D eigenvalue weighted by molar-refractivity contribution is -0.139. The second-order valence-corrected chi connectivity index (χ2v) is 22.4. The van der Waals surface area contributed by atoms with Crippen molar-refractivity contribution in [3.63, 3.8) is 0 Å². The van der Waals surface area contributed by atoms with Gasteiger partial charge in [0.2, 0.25) is 29.5 Å². The lowest BCUT2D eigenvalue weighted by atomic mass is 10.0. The number of aliphatic imine (C=N–C) groups is 2. The molecule has 3 unspecified atom stereocenters. The zero-order valence-corrected chi connectivity index (χ0v) is 49.9. The molecule has 4 aliphatic heterocycles. The summed E-state index contributed by atoms with van der Waals surface area (Å²) in [5, 5.41) is 16.4. The monoisotopic (exact) mass is 1200 g/mol. The predicted molar refractivity (Wildman–Crippen MR) is 326 cm³/mol. The number of benzene rings is 4. The Hall–Kier alpha value is -8.99. The minimum Gasteiger partial charge on any atom is -0.497 e. The molecule has 8 rings (SSSR count). The summed E-state index contributed by atoms with van der Waals surface area (Å²) in [5.41, 5.74) is 5.77. The van der Waals surface area contributed by atoms with Gasteiger partial charge in [0.15, 0.2) is 23.0 Å². The first-order valence-electron chi connectivity index (χ1n) is 28.6. The minimum atomic E-state index is -0.964. The normalized spacial score (nSPS) is 16.6. The molecular formula is C63H72N8O14S. The summed E-state index contributed by atoms with van der Waals surface area (Å²) < 4.78 is 29.0. The van der Waals surface area contributed by atoms with Crippen LogP contribution in [0.1, 0.15) is 110 Å². The average molecular weight is 1200 g/mol. The van der Waals surface area contributed by atoms with E-state index in [-0.39, 0.29) is 99.4 Å². The van der Waals surface area contributed by atoms with Crippen molar-refractivity contribution in [1.82, 2.24) is 25.3 Å². The molecule has 4 heterocycles. The summed E-state index contributed by atoms with van der Waals surface area (Å²) in [6.07, 6.45) is 10.3. The molecule has 7 amide bonds. The maximum absolute atomic E-state index is 14.1. The van der Waals surface area contributed by atoms with Crippen LogP contribution >= 0.6 is 11.8 Å². The fourth-order valence-electron chi connectivity index (χ4n) is 10.1. The number of carboxylic acid groups (broad SMARTS) is 1. The van der Waals surface area contributed by atoms with Crippen molar-refractivity contribution in [3.8, 4) is 28.7 Å². The molecule has 4 aromatic carbocycles. The maximum atomic E-state index is 14.1. The number of hydrogen-bond acceptors (Lipinski definition) is 16. The first-order chi connectivity index (χ1) is 41.5. The number of methoxy groups -OCH3 is 3. The number of carboxylic acids is 1. The molecule has 0 saturated carbocycles. The third-order valence-electron chi connectivity index (χ3n) is 14.8. The van der Waals surface area contributed by atoms with Crippen molar-refractivity contribution < 1.29 is 67.1 Å². The number of fused-ring (bicyclic) bond motifs is 3. The first-order valence-corrected chi connectivity index (χ1v) is 29.6. The van der Waals surface area contributed by atoms with Crippen LogP contribution in [0.4, 0.5) is 17.1 Å². The van der Waals surface area contributed by atoms with Gasteiger partial charge >= 0.3 is 5.97 Å². The van der Waals surface area contributed by atoms with Gasteiger partial charge in [-0.2, -0.15) is 0 Å². The van der Waals surface area contributed by atoms with Gasteiger partial charge in [0.1, 0.15) is 11.8 Å². The number of unbranched alkanes of at least 4 members (excludes halogenated alkanes) is 2. The van der Waals surface area contributed by atoms with Crippen LogP contribution in [-0.2, 0) is 28.8 Å². The Kier molecular flexibility index (Phi) is 21.8. The van der Waals surface area contributed by atoms with Gasteiger partial charge in [-0.25, -0.2) is 0 Å². The molecule has 0 aliphatic carbocycles. The van der Waals surface area contributed by atoms with Gasteiger partial charge < -0.3 is 54.5 Å². The molecule has 22 nitrogen and oxygen atoms in total. The molecule has 1 saturated heterocycles. The van der Waals surface area contributed by atoms with Crippen LogP contribution in [0, 0.1) is 5.92 Å². The number of aliphatic carboxylic acids is 1. The highest BCUT2D eigenvalue weighted by Crippen LogP contribution is 2.41. The summed E-state index contributed by atoms with van der Waals surface area (Å²) in [6, 6.07) is 20.2. The molecule has 23 heteroatoms. The number of carbonyl (C=O) groups excluding carboxylic acids is 7. The van der Waals surface area contributed by atoms with Crippen molar-refractivity contribution in [3.05, 3.63) is 107 Å². The van der Waals surface area contributed by atoms with E-state index in [1.54, 1.807) is 85.8 Å². The standard InChI is InChI=1S/C63H72N8O14S/c1-7-39(40-15-19-45(81-4)20-16-40)36-69-24-22-64-48-31-52(50(82-5)29-46(48)61(69)78)84-25-11-26-85-53-32-49-47(30-51(53)83-6)62(79)71-37-42(28-44(71)34-65-49)41-13-17-43(18-14-41)67-56(73)35-66-60(77)59(38(2)3)68-55(72)12-9-8-10-23-70-57(74)33-54(63(70)80)86-27-21-58(75)76/h13-20,22,29-32,34,36-38,44,54,59H,7-12,21,23-28,33,35H2,1-6H3,(H,66,77)(H,67,73)(H,68,72)(H,75,76)/b39-36+. The highest BCUT2D eigenvalue weighted by molar-refractivity contribution is 8.00. The molecule has 0 radical (unpaired) electrons. The topological polar surface area (TPSA) is 273 Å². The van der Waals surface area contributed by atoms with Crippen LogP contribution in [0.15, 0.2) is 95.2 Å². The zero-order valence-electron chi connectivity index (χ0n) is 49.1. The number of hydrogen-bond donors (Lipinski definition) is 4. The number of carbonyl (C=O) groups is 8. The number of imide groups is 1. The van der Waals surface area contributed by atoms with Crippen molar-refractivity contribution >= 4 is 99.7 Å². The van der Waals surface area contributed by atoms with E-state index in [4.69, 9.17) is 33.8 Å². The van der Waals surface area contributed by atoms with Gasteiger partial charge in [0, 0.05) is 80.6 Å². The predicted octanol–water partition coefficient (Wildman–Crippen LogP) is 8.23. The SMILES string of the molecule is CC/C(=C\N1CC=Nc2cc(OCCCOc3cc4c(cc3OC)C(=O)N3C=C(c5ccc(NC(=O)CNC(=O)C(NC(=O)CCCCCN6C(=O)CC(SCCC(=O)O)C6=O)C(C)C)cc5)CC3C=N4)c(OC)cc2C1=O)c1ccc(OC)cc1. The van der Waals surface area contributed by atoms with E-state index in [0.29, 0.717) is 89.7 Å². The van der Waals surface area contributed by atoms with E-state index >= 15 is 0 Å². The van der Waals surface area contributed by atoms with Crippen LogP contribution in [0.25, 0.3) is 11.1 Å². The molecule has 4 aliphatic rings. The summed E-state index contributed by atoms with van der Waals surface area (Å²) in [5.74, 6) is -1.12. The van der Waals surface area contributed by atoms with E-state index in [1.807, 2.05) is 49.5 Å². The number of nitrogens with one attached hydrogen (secondary N) is 3. The van der Waals surface area contributed by atoms with Crippen molar-refractivity contribution in [2.24, 2.45) is 15.9 Å². The third-order valence-corrected chi connectivity index (χ3v) is 16.0. The largest absolute Gasteiger partial charge is 0.497 e. The Morgan fingerprint density at radius 1 is 0.767 bits per heavy atom. The quantitative estimate of drug-likeness (QED) is 0.0294. The summed E-state index contributed by atoms with van der Waals surface area (Å²) in [6.45, 7) is 6.23. The molecule has 0 bridgehead atoms. The van der Waals surface area contributed by atoms with Crippen LogP contribution < -0.4 is 39.6 Å². The van der Waals surface area contributed by atoms with E-state index in [1.165, 1.54) is 30.9 Å². The molecule has 4 N–H and O–H groups in total. The molecule has 0 aromatic heterocycles. The summed E-state index contributed by atoms with van der Waals surface area (Å²) in [7, 11) is 4.63. The van der Waals surface area contributed by atoms with Gasteiger partial charge in [-0.1, -0.05) is 51.5 Å². The number of ether oxygens (including phenoxy) is 5. The van der Waals surface area contributed by atoms with E-state index in [2.05, 4.69) is 20.9 Å². The first kappa shape index (κ1) is 63.0. The highest BCUT2D eigenvalue weighted by Gasteiger charge is 2.39. The highest BCUT2D eigenvalue weighted by atomic mass is 32.2. The van der Waals surface area contributed by atoms with E-state index in [0.717, 1.165) is 28.0 Å². The Labute approximate surface area is 503 Å². The van der Waals surface area contributed by atoms with Crippen LogP contribution in [0.3, 0.4) is 0 Å². The van der Waals surface area contributed by atoms with Gasteiger partial charge in [-0.15, -0.1) is 11.8 Å². The molecule has 3 atom stereocenters. The Balaban J connectivity index is 0.773. The van der Waals surface area contributed by atoms with Crippen LogP contribution in [0.5, 0.6) is 28.7 Å². The average Bonchev–Trinajstić information content (AvgIpc) is 2.25. The fourth-order valence-corrected chi connectivity index (χ4v) is 11.2. The Bertz CT molecular complexity index is 3330. The Morgan fingerprint density at radius 2 is 1.44 bits per heavy atom. The molecule has 0 spiro atoms. The number of likely N-dealkylation sites (tertiary alicyclic amines) is 1. The fraction of sp³-hybridized carbons (Fsp3) is 0.397. The number of amides is 7. The number of thioether (sulfide) groups is 1. The van der Waals surface area contributed by atoms with Crippen LogP contribution in [0.2, 0.25) is 0 Å². The smallest absolute Gasteiger partial charge is 0.304 e.